The van der Waals surface area contributed by atoms with Crippen molar-refractivity contribution in [3.63, 3.8) is 0 Å². The van der Waals surface area contributed by atoms with Gasteiger partial charge in [0.15, 0.2) is 6.10 Å². The van der Waals surface area contributed by atoms with E-state index in [1.54, 1.807) is 0 Å². The van der Waals surface area contributed by atoms with Gasteiger partial charge in [0.1, 0.15) is 6.61 Å². The Balaban J connectivity index is 3.45. The molecule has 0 aromatic carbocycles. The third-order valence-corrected chi connectivity index (χ3v) is 11.2. The number of aliphatic hydroxyl groups excluding tert-OH is 1. The Kier molecular flexibility index (Phi) is 41.7. The van der Waals surface area contributed by atoms with Crippen molar-refractivity contribution in [2.24, 2.45) is 5.92 Å². The SMILES string of the molecule is CCCCCCCCCCCCCCCCCCC(=O)OC[C@H](CO)OC(=O)CCCCCCCCCCCCCCCCCCCCC(C)CC. The van der Waals surface area contributed by atoms with Gasteiger partial charge < -0.3 is 14.6 Å². The molecular formula is C47H92O5. The van der Waals surface area contributed by atoms with Gasteiger partial charge in [-0.2, -0.15) is 0 Å². The molecule has 0 heterocycles. The Hall–Kier alpha value is -1.10. The van der Waals surface area contributed by atoms with E-state index in [2.05, 4.69) is 20.8 Å². The van der Waals surface area contributed by atoms with E-state index in [1.807, 2.05) is 0 Å². The topological polar surface area (TPSA) is 72.8 Å². The van der Waals surface area contributed by atoms with Crippen molar-refractivity contribution in [1.82, 2.24) is 0 Å². The molecule has 52 heavy (non-hydrogen) atoms. The van der Waals surface area contributed by atoms with E-state index in [1.165, 1.54) is 199 Å². The van der Waals surface area contributed by atoms with Gasteiger partial charge in [0, 0.05) is 12.8 Å². The molecule has 0 fully saturated rings. The molecular weight excluding hydrogens is 645 g/mol. The normalized spacial score (nSPS) is 12.6. The van der Waals surface area contributed by atoms with E-state index in [-0.39, 0.29) is 25.2 Å². The maximum atomic E-state index is 12.2. The number of hydrogen-bond acceptors (Lipinski definition) is 5. The minimum absolute atomic E-state index is 0.0568. The van der Waals surface area contributed by atoms with Crippen molar-refractivity contribution in [2.45, 2.75) is 271 Å². The highest BCUT2D eigenvalue weighted by Gasteiger charge is 2.16. The zero-order chi connectivity index (χ0) is 38.0. The molecule has 0 saturated heterocycles. The first-order valence-electron chi connectivity index (χ1n) is 23.5. The van der Waals surface area contributed by atoms with Gasteiger partial charge in [0.2, 0.25) is 0 Å². The first-order chi connectivity index (χ1) is 25.5. The van der Waals surface area contributed by atoms with Gasteiger partial charge in [-0.15, -0.1) is 0 Å². The number of rotatable bonds is 43. The van der Waals surface area contributed by atoms with Gasteiger partial charge in [-0.05, 0) is 18.8 Å². The summed E-state index contributed by atoms with van der Waals surface area (Å²) in [4.78, 5) is 24.4. The summed E-state index contributed by atoms with van der Waals surface area (Å²) in [5.41, 5.74) is 0. The zero-order valence-corrected chi connectivity index (χ0v) is 35.5. The van der Waals surface area contributed by atoms with Gasteiger partial charge in [-0.25, -0.2) is 0 Å². The lowest BCUT2D eigenvalue weighted by molar-refractivity contribution is -0.161. The largest absolute Gasteiger partial charge is 0.462 e. The van der Waals surface area contributed by atoms with Crippen LogP contribution < -0.4 is 0 Å². The van der Waals surface area contributed by atoms with Gasteiger partial charge >= 0.3 is 11.9 Å². The number of unbranched alkanes of at least 4 members (excludes halogenated alkanes) is 32. The summed E-state index contributed by atoms with van der Waals surface area (Å²) in [6, 6.07) is 0. The van der Waals surface area contributed by atoms with E-state index in [0.29, 0.717) is 12.8 Å². The Bertz CT molecular complexity index is 725. The first kappa shape index (κ1) is 50.9. The van der Waals surface area contributed by atoms with Crippen molar-refractivity contribution in [3.8, 4) is 0 Å². The van der Waals surface area contributed by atoms with Crippen LogP contribution in [0.1, 0.15) is 265 Å². The van der Waals surface area contributed by atoms with Crippen molar-refractivity contribution in [1.29, 1.82) is 0 Å². The molecule has 0 radical (unpaired) electrons. The van der Waals surface area contributed by atoms with Crippen LogP contribution in [0.5, 0.6) is 0 Å². The minimum atomic E-state index is -0.763. The predicted molar refractivity (Wildman–Crippen MR) is 224 cm³/mol. The Labute approximate surface area is 325 Å². The Morgan fingerprint density at radius 1 is 0.442 bits per heavy atom. The second-order valence-corrected chi connectivity index (χ2v) is 16.4. The summed E-state index contributed by atoms with van der Waals surface area (Å²) in [5.74, 6) is 0.345. The van der Waals surface area contributed by atoms with Crippen molar-refractivity contribution >= 4 is 11.9 Å². The number of carbonyl (C=O) groups excluding carboxylic acids is 2. The molecule has 5 nitrogen and oxygen atoms in total. The molecule has 1 N–H and O–H groups in total. The monoisotopic (exact) mass is 737 g/mol. The molecule has 0 spiro atoms. The van der Waals surface area contributed by atoms with Crippen LogP contribution >= 0.6 is 0 Å². The summed E-state index contributed by atoms with van der Waals surface area (Å²) < 4.78 is 10.7. The van der Waals surface area contributed by atoms with Crippen LogP contribution in [-0.2, 0) is 19.1 Å². The van der Waals surface area contributed by atoms with Crippen LogP contribution in [-0.4, -0.2) is 36.4 Å². The van der Waals surface area contributed by atoms with Crippen molar-refractivity contribution in [2.75, 3.05) is 13.2 Å². The molecule has 0 aromatic rings. The fraction of sp³-hybridized carbons (Fsp3) is 0.957. The van der Waals surface area contributed by atoms with E-state index >= 15 is 0 Å². The molecule has 0 aliphatic rings. The molecule has 0 bridgehead atoms. The first-order valence-corrected chi connectivity index (χ1v) is 23.5. The summed E-state index contributed by atoms with van der Waals surface area (Å²) in [5, 5.41) is 9.60. The van der Waals surface area contributed by atoms with Crippen LogP contribution in [0.15, 0.2) is 0 Å². The molecule has 2 atom stereocenters. The van der Waals surface area contributed by atoms with Crippen LogP contribution in [0.3, 0.4) is 0 Å². The summed E-state index contributed by atoms with van der Waals surface area (Å²) >= 11 is 0. The lowest BCUT2D eigenvalue weighted by Gasteiger charge is -2.15. The maximum absolute atomic E-state index is 12.2. The molecule has 0 amide bonds. The molecule has 0 aliphatic heterocycles. The summed E-state index contributed by atoms with van der Waals surface area (Å²) in [6.07, 6.45) is 47.4. The second-order valence-electron chi connectivity index (χ2n) is 16.4. The average Bonchev–Trinajstić information content (AvgIpc) is 3.15. The molecule has 5 heteroatoms. The number of esters is 2. The summed E-state index contributed by atoms with van der Waals surface area (Å²) in [6.45, 7) is 6.59. The van der Waals surface area contributed by atoms with Crippen molar-refractivity contribution in [3.05, 3.63) is 0 Å². The lowest BCUT2D eigenvalue weighted by atomic mass is 9.99. The van der Waals surface area contributed by atoms with Crippen LogP contribution in [0.2, 0.25) is 0 Å². The van der Waals surface area contributed by atoms with E-state index in [0.717, 1.165) is 38.0 Å². The van der Waals surface area contributed by atoms with Crippen LogP contribution in [0, 0.1) is 5.92 Å². The third kappa shape index (κ3) is 40.1. The van der Waals surface area contributed by atoms with E-state index in [9.17, 15) is 14.7 Å². The highest BCUT2D eigenvalue weighted by Crippen LogP contribution is 2.18. The van der Waals surface area contributed by atoms with Gasteiger partial charge in [0.25, 0.3) is 0 Å². The lowest BCUT2D eigenvalue weighted by Crippen LogP contribution is -2.28. The fourth-order valence-electron chi connectivity index (χ4n) is 7.24. The molecule has 0 saturated carbocycles. The third-order valence-electron chi connectivity index (χ3n) is 11.2. The number of ether oxygens (including phenoxy) is 2. The molecule has 0 rings (SSSR count). The van der Waals surface area contributed by atoms with E-state index in [4.69, 9.17) is 9.47 Å². The number of hydrogen-bond donors (Lipinski definition) is 1. The maximum Gasteiger partial charge on any atom is 0.306 e. The Morgan fingerprint density at radius 3 is 1.08 bits per heavy atom. The van der Waals surface area contributed by atoms with Gasteiger partial charge in [0.05, 0.1) is 6.61 Å². The van der Waals surface area contributed by atoms with Crippen molar-refractivity contribution < 1.29 is 24.2 Å². The minimum Gasteiger partial charge on any atom is -0.462 e. The second kappa shape index (κ2) is 42.6. The van der Waals surface area contributed by atoms with E-state index < -0.39 is 6.10 Å². The highest BCUT2D eigenvalue weighted by molar-refractivity contribution is 5.70. The van der Waals surface area contributed by atoms with Crippen LogP contribution in [0.25, 0.3) is 0 Å². The smallest absolute Gasteiger partial charge is 0.306 e. The fourth-order valence-corrected chi connectivity index (χ4v) is 7.24. The molecule has 0 aromatic heterocycles. The number of aliphatic hydroxyl groups is 1. The van der Waals surface area contributed by atoms with Crippen LogP contribution in [0.4, 0.5) is 0 Å². The molecule has 0 aliphatic carbocycles. The molecule has 1 unspecified atom stereocenters. The highest BCUT2D eigenvalue weighted by atomic mass is 16.6. The predicted octanol–water partition coefficient (Wildman–Crippen LogP) is 14.9. The van der Waals surface area contributed by atoms with Gasteiger partial charge in [-0.1, -0.05) is 239 Å². The van der Waals surface area contributed by atoms with Gasteiger partial charge in [-0.3, -0.25) is 9.59 Å². The zero-order valence-electron chi connectivity index (χ0n) is 35.5. The summed E-state index contributed by atoms with van der Waals surface area (Å²) in [7, 11) is 0. The quantitative estimate of drug-likeness (QED) is 0.0498. The Morgan fingerprint density at radius 2 is 0.750 bits per heavy atom. The molecule has 310 valence electrons. The standard InChI is InChI=1S/C47H92O5/c1-4-6-7-8-9-10-11-12-13-19-22-25-28-31-34-37-40-46(49)51-43-45(42-48)52-47(50)41-38-35-32-29-26-23-20-17-15-14-16-18-21-24-27-30-33-36-39-44(3)5-2/h44-45,48H,4-43H2,1-3H3/t44?,45-/m0/s1. The average molecular weight is 737 g/mol. The number of carbonyl (C=O) groups is 2.